The summed E-state index contributed by atoms with van der Waals surface area (Å²) >= 11 is 0. The second-order valence-corrected chi connectivity index (χ2v) is 7.74. The van der Waals surface area contributed by atoms with Gasteiger partial charge in [-0.05, 0) is 12.1 Å². The third-order valence-corrected chi connectivity index (χ3v) is 5.47. The molecule has 0 saturated carbocycles. The normalized spacial score (nSPS) is 17.0. The van der Waals surface area contributed by atoms with Gasteiger partial charge in [0.15, 0.2) is 5.82 Å². The number of ether oxygens (including phenoxy) is 1. The van der Waals surface area contributed by atoms with Gasteiger partial charge in [-0.15, -0.1) is 0 Å². The molecule has 2 aliphatic heterocycles. The number of amides is 1. The molecular formula is C21H20FN5O2. The van der Waals surface area contributed by atoms with Gasteiger partial charge < -0.3 is 15.0 Å². The predicted molar refractivity (Wildman–Crippen MR) is 106 cm³/mol. The van der Waals surface area contributed by atoms with Crippen molar-refractivity contribution in [3.05, 3.63) is 60.3 Å². The fraction of sp³-hybridized carbons (Fsp3) is 0.286. The Morgan fingerprint density at radius 3 is 2.66 bits per heavy atom. The maximum atomic E-state index is 14.6. The van der Waals surface area contributed by atoms with E-state index in [4.69, 9.17) is 4.74 Å². The molecule has 1 amide bonds. The number of carbonyl (C=O) groups excluding carboxylic acids is 1. The minimum atomic E-state index is -0.353. The smallest absolute Gasteiger partial charge is 0.258 e. The average Bonchev–Trinajstić information content (AvgIpc) is 3.08. The summed E-state index contributed by atoms with van der Waals surface area (Å²) in [4.78, 5) is 19.5. The second kappa shape index (κ2) is 6.66. The molecule has 2 fully saturated rings. The molecule has 0 atom stereocenters. The number of aryl methyl sites for hydroxylation is 1. The zero-order chi connectivity index (χ0) is 20.0. The molecule has 29 heavy (non-hydrogen) atoms. The van der Waals surface area contributed by atoms with Crippen LogP contribution in [0.1, 0.15) is 10.4 Å². The molecule has 7 nitrogen and oxygen atoms in total. The van der Waals surface area contributed by atoms with Crippen LogP contribution in [-0.4, -0.2) is 47.0 Å². The van der Waals surface area contributed by atoms with Crippen molar-refractivity contribution in [1.29, 1.82) is 0 Å². The molecule has 0 radical (unpaired) electrons. The summed E-state index contributed by atoms with van der Waals surface area (Å²) in [5, 5.41) is 7.01. The molecule has 5 rings (SSSR count). The Labute approximate surface area is 167 Å². The number of nitrogens with zero attached hydrogens (tertiary/aromatic N) is 4. The summed E-state index contributed by atoms with van der Waals surface area (Å²) in [5.74, 6) is -0.0262. The van der Waals surface area contributed by atoms with Crippen molar-refractivity contribution >= 4 is 17.4 Å². The minimum absolute atomic E-state index is 0.181. The third-order valence-electron chi connectivity index (χ3n) is 5.47. The number of aromatic nitrogens is 3. The molecule has 0 unspecified atom stereocenters. The number of rotatable bonds is 4. The monoisotopic (exact) mass is 393 g/mol. The lowest BCUT2D eigenvalue weighted by molar-refractivity contribution is -0.127. The molecule has 1 N–H and O–H groups in total. The number of hydrogen-bond acceptors (Lipinski definition) is 5. The molecule has 148 valence electrons. The van der Waals surface area contributed by atoms with Gasteiger partial charge in [-0.1, -0.05) is 18.2 Å². The van der Waals surface area contributed by atoms with E-state index in [0.29, 0.717) is 28.2 Å². The molecule has 0 aliphatic carbocycles. The Kier molecular flexibility index (Phi) is 4.09. The lowest BCUT2D eigenvalue weighted by Crippen LogP contribution is -2.66. The van der Waals surface area contributed by atoms with Crippen LogP contribution in [0.3, 0.4) is 0 Å². The minimum Gasteiger partial charge on any atom is -0.380 e. The molecule has 1 spiro atoms. The van der Waals surface area contributed by atoms with Crippen LogP contribution < -0.4 is 10.2 Å². The summed E-state index contributed by atoms with van der Waals surface area (Å²) in [7, 11) is 1.75. The number of nitrogens with one attached hydrogen (secondary N) is 1. The highest BCUT2D eigenvalue weighted by Gasteiger charge is 2.50. The van der Waals surface area contributed by atoms with Crippen molar-refractivity contribution in [2.24, 2.45) is 12.5 Å². The Bertz CT molecular complexity index is 1080. The number of hydrogen-bond donors (Lipinski definition) is 1. The molecule has 3 aromatic rings. The molecule has 1 aromatic carbocycles. The molecule has 2 aliphatic rings. The van der Waals surface area contributed by atoms with E-state index in [1.807, 2.05) is 0 Å². The fourth-order valence-electron chi connectivity index (χ4n) is 3.93. The van der Waals surface area contributed by atoms with E-state index >= 15 is 0 Å². The Hall–Kier alpha value is -3.26. The maximum absolute atomic E-state index is 14.6. The Balaban J connectivity index is 1.55. The van der Waals surface area contributed by atoms with Gasteiger partial charge in [0.1, 0.15) is 5.82 Å². The second-order valence-electron chi connectivity index (χ2n) is 7.74. The summed E-state index contributed by atoms with van der Waals surface area (Å²) in [5.41, 5.74) is 2.12. The van der Waals surface area contributed by atoms with Crippen LogP contribution in [0.5, 0.6) is 0 Å². The zero-order valence-corrected chi connectivity index (χ0v) is 15.9. The number of benzene rings is 1. The molecular weight excluding hydrogens is 373 g/mol. The van der Waals surface area contributed by atoms with E-state index in [2.05, 4.69) is 20.3 Å². The van der Waals surface area contributed by atoms with Crippen LogP contribution in [-0.2, 0) is 11.8 Å². The van der Waals surface area contributed by atoms with Crippen molar-refractivity contribution in [2.75, 3.05) is 36.5 Å². The van der Waals surface area contributed by atoms with E-state index in [1.165, 1.54) is 12.3 Å². The largest absolute Gasteiger partial charge is 0.380 e. The number of anilines is 2. The van der Waals surface area contributed by atoms with Crippen LogP contribution in [0, 0.1) is 11.2 Å². The lowest BCUT2D eigenvalue weighted by atomic mass is 9.78. The fourth-order valence-corrected chi connectivity index (χ4v) is 3.93. The summed E-state index contributed by atoms with van der Waals surface area (Å²) in [6, 6.07) is 8.25. The quantitative estimate of drug-likeness (QED) is 0.738. The van der Waals surface area contributed by atoms with Crippen molar-refractivity contribution < 1.29 is 13.9 Å². The van der Waals surface area contributed by atoms with Crippen LogP contribution in [0.15, 0.2) is 48.9 Å². The van der Waals surface area contributed by atoms with Gasteiger partial charge in [-0.25, -0.2) is 9.37 Å². The average molecular weight is 393 g/mol. The van der Waals surface area contributed by atoms with Gasteiger partial charge in [0.2, 0.25) is 0 Å². The van der Waals surface area contributed by atoms with Crippen LogP contribution in [0.25, 0.3) is 11.1 Å². The molecule has 2 saturated heterocycles. The van der Waals surface area contributed by atoms with Crippen LogP contribution in [0.4, 0.5) is 15.9 Å². The van der Waals surface area contributed by atoms with Crippen molar-refractivity contribution in [3.8, 4) is 11.1 Å². The summed E-state index contributed by atoms with van der Waals surface area (Å²) in [6.07, 6.45) is 4.79. The summed E-state index contributed by atoms with van der Waals surface area (Å²) < 4.78 is 21.5. The van der Waals surface area contributed by atoms with Gasteiger partial charge in [0, 0.05) is 43.7 Å². The highest BCUT2D eigenvalue weighted by molar-refractivity contribution is 6.08. The van der Waals surface area contributed by atoms with Crippen LogP contribution in [0.2, 0.25) is 0 Å². The highest BCUT2D eigenvalue weighted by Crippen LogP contribution is 2.44. The van der Waals surface area contributed by atoms with Crippen molar-refractivity contribution in [3.63, 3.8) is 0 Å². The van der Waals surface area contributed by atoms with Crippen LogP contribution >= 0.6 is 0 Å². The van der Waals surface area contributed by atoms with E-state index in [9.17, 15) is 9.18 Å². The number of halogens is 1. The summed E-state index contributed by atoms with van der Waals surface area (Å²) in [6.45, 7) is 3.09. The molecule has 0 bridgehead atoms. The van der Waals surface area contributed by atoms with Gasteiger partial charge in [-0.3, -0.25) is 9.48 Å². The predicted octanol–water partition coefficient (Wildman–Crippen LogP) is 2.71. The number of carbonyl (C=O) groups is 1. The first-order valence-electron chi connectivity index (χ1n) is 9.41. The van der Waals surface area contributed by atoms with Gasteiger partial charge in [0.25, 0.3) is 5.91 Å². The van der Waals surface area contributed by atoms with Gasteiger partial charge >= 0.3 is 0 Å². The first-order chi connectivity index (χ1) is 14.0. The molecule has 8 heteroatoms. The van der Waals surface area contributed by atoms with Crippen molar-refractivity contribution in [2.45, 2.75) is 0 Å². The third kappa shape index (κ3) is 3.05. The van der Waals surface area contributed by atoms with Gasteiger partial charge in [0.05, 0.1) is 36.1 Å². The van der Waals surface area contributed by atoms with Crippen molar-refractivity contribution in [1.82, 2.24) is 14.8 Å². The Morgan fingerprint density at radius 2 is 2.00 bits per heavy atom. The molecule has 4 heterocycles. The first-order valence-corrected chi connectivity index (χ1v) is 9.41. The number of pyridine rings is 1. The van der Waals surface area contributed by atoms with E-state index in [-0.39, 0.29) is 17.1 Å². The van der Waals surface area contributed by atoms with Gasteiger partial charge in [-0.2, -0.15) is 5.10 Å². The Morgan fingerprint density at radius 1 is 1.21 bits per heavy atom. The zero-order valence-electron chi connectivity index (χ0n) is 15.9. The molecule has 2 aromatic heterocycles. The lowest BCUT2D eigenvalue weighted by Gasteiger charge is -2.55. The van der Waals surface area contributed by atoms with E-state index in [1.54, 1.807) is 48.4 Å². The topological polar surface area (TPSA) is 72.3 Å². The van der Waals surface area contributed by atoms with E-state index in [0.717, 1.165) is 26.3 Å². The SMILES string of the molecule is Cn1cc(C(=O)Nc2c(-c3ccccc3F)ccnc2N2CC3(COC3)C2)cn1. The first kappa shape index (κ1) is 17.8. The maximum Gasteiger partial charge on any atom is 0.258 e. The highest BCUT2D eigenvalue weighted by atomic mass is 19.1. The van der Waals surface area contributed by atoms with E-state index < -0.39 is 0 Å². The standard InChI is InChI=1S/C21H20FN5O2/c1-26-9-14(8-24-26)20(28)25-18-16(15-4-2-3-5-17(15)22)6-7-23-19(18)27-10-21(11-27)12-29-13-21/h2-9H,10-13H2,1H3,(H,25,28).